The molecule has 1 N–H and O–H groups in total. The zero-order valence-electron chi connectivity index (χ0n) is 9.81. The van der Waals surface area contributed by atoms with Crippen LogP contribution in [0.1, 0.15) is 38.1 Å². The van der Waals surface area contributed by atoms with E-state index in [4.69, 9.17) is 0 Å². The summed E-state index contributed by atoms with van der Waals surface area (Å²) in [6.07, 6.45) is 1.33. The molecule has 0 radical (unpaired) electrons. The molecule has 2 unspecified atom stereocenters. The van der Waals surface area contributed by atoms with Crippen LogP contribution >= 0.6 is 43.2 Å². The first-order valence-electron chi connectivity index (χ1n) is 5.64. The first kappa shape index (κ1) is 13.1. The van der Waals surface area contributed by atoms with Crippen molar-refractivity contribution in [2.24, 2.45) is 11.3 Å². The van der Waals surface area contributed by atoms with Gasteiger partial charge in [0, 0.05) is 15.4 Å². The van der Waals surface area contributed by atoms with Crippen LogP contribution in [0, 0.1) is 11.3 Å². The molecule has 1 heterocycles. The molecule has 1 fully saturated rings. The van der Waals surface area contributed by atoms with Crippen LogP contribution in [0.5, 0.6) is 0 Å². The maximum atomic E-state index is 3.63. The van der Waals surface area contributed by atoms with Gasteiger partial charge in [0.15, 0.2) is 0 Å². The normalized spacial score (nSPS) is 24.4. The van der Waals surface area contributed by atoms with Crippen LogP contribution in [-0.4, -0.2) is 6.54 Å². The van der Waals surface area contributed by atoms with E-state index in [0.717, 1.165) is 12.5 Å². The minimum Gasteiger partial charge on any atom is -0.309 e. The van der Waals surface area contributed by atoms with Gasteiger partial charge in [-0.3, -0.25) is 0 Å². The van der Waals surface area contributed by atoms with Crippen molar-refractivity contribution < 1.29 is 0 Å². The summed E-state index contributed by atoms with van der Waals surface area (Å²) >= 11 is 8.99. The first-order valence-corrected chi connectivity index (χ1v) is 8.04. The van der Waals surface area contributed by atoms with Crippen molar-refractivity contribution in [3.8, 4) is 0 Å². The van der Waals surface area contributed by atoms with E-state index in [1.165, 1.54) is 19.6 Å². The molecule has 90 valence electrons. The molecule has 1 nitrogen and oxygen atoms in total. The second kappa shape index (κ2) is 4.71. The van der Waals surface area contributed by atoms with Crippen LogP contribution in [0.15, 0.2) is 14.3 Å². The van der Waals surface area contributed by atoms with Crippen LogP contribution in [-0.2, 0) is 0 Å². The van der Waals surface area contributed by atoms with Gasteiger partial charge >= 0.3 is 0 Å². The molecule has 0 spiro atoms. The molecular weight excluding hydrogens is 350 g/mol. The van der Waals surface area contributed by atoms with Crippen molar-refractivity contribution in [2.45, 2.75) is 33.2 Å². The highest BCUT2D eigenvalue weighted by Crippen LogP contribution is 2.58. The number of rotatable bonds is 4. The summed E-state index contributed by atoms with van der Waals surface area (Å²) in [6, 6.07) is 2.77. The van der Waals surface area contributed by atoms with Gasteiger partial charge in [0.25, 0.3) is 0 Å². The van der Waals surface area contributed by atoms with Gasteiger partial charge in [-0.2, -0.15) is 0 Å². The van der Waals surface area contributed by atoms with Gasteiger partial charge in [-0.1, -0.05) is 20.8 Å². The average Bonchev–Trinajstić information content (AvgIpc) is 2.69. The van der Waals surface area contributed by atoms with Gasteiger partial charge in [0.05, 0.1) is 3.79 Å². The molecule has 2 atom stereocenters. The Labute approximate surface area is 118 Å². The Morgan fingerprint density at radius 2 is 2.19 bits per heavy atom. The topological polar surface area (TPSA) is 12.0 Å². The fourth-order valence-corrected chi connectivity index (χ4v) is 4.49. The van der Waals surface area contributed by atoms with Gasteiger partial charge in [0.1, 0.15) is 0 Å². The Hall–Kier alpha value is 0.620. The summed E-state index contributed by atoms with van der Waals surface area (Å²) in [6.45, 7) is 7.93. The lowest BCUT2D eigenvalue weighted by molar-refractivity contribution is 0.428. The Morgan fingerprint density at radius 3 is 2.56 bits per heavy atom. The van der Waals surface area contributed by atoms with Crippen LogP contribution in [0.3, 0.4) is 0 Å². The van der Waals surface area contributed by atoms with Crippen molar-refractivity contribution in [3.63, 3.8) is 0 Å². The molecular formula is C12H17Br2NS. The van der Waals surface area contributed by atoms with Gasteiger partial charge in [-0.25, -0.2) is 0 Å². The van der Waals surface area contributed by atoms with Gasteiger partial charge in [-0.05, 0) is 62.2 Å². The predicted octanol–water partition coefficient (Wildman–Crippen LogP) is 4.97. The minimum atomic E-state index is 0.510. The number of hydrogen-bond acceptors (Lipinski definition) is 2. The van der Waals surface area contributed by atoms with Crippen LogP contribution in [0.4, 0.5) is 0 Å². The highest BCUT2D eigenvalue weighted by atomic mass is 79.9. The molecule has 2 rings (SSSR count). The summed E-state index contributed by atoms with van der Waals surface area (Å²) in [4.78, 5) is 1.44. The summed E-state index contributed by atoms with van der Waals surface area (Å²) in [5.74, 6) is 0.782. The summed E-state index contributed by atoms with van der Waals surface area (Å²) in [7, 11) is 0. The van der Waals surface area contributed by atoms with Crippen LogP contribution in [0.2, 0.25) is 0 Å². The molecule has 4 heteroatoms. The summed E-state index contributed by atoms with van der Waals surface area (Å²) < 4.78 is 2.37. The van der Waals surface area contributed by atoms with Crippen LogP contribution < -0.4 is 5.32 Å². The monoisotopic (exact) mass is 365 g/mol. The van der Waals surface area contributed by atoms with Crippen LogP contribution in [0.25, 0.3) is 0 Å². The third kappa shape index (κ3) is 2.55. The lowest BCUT2D eigenvalue weighted by Gasteiger charge is -2.18. The SMILES string of the molecule is CCNC(c1cc(Br)c(Br)s1)C1CC1(C)C. The average molecular weight is 367 g/mol. The Bertz CT molecular complexity index is 367. The van der Waals surface area contributed by atoms with Crippen molar-refractivity contribution >= 4 is 43.2 Å². The number of halogens is 2. The van der Waals surface area contributed by atoms with Gasteiger partial charge in [-0.15, -0.1) is 11.3 Å². The van der Waals surface area contributed by atoms with E-state index < -0.39 is 0 Å². The maximum absolute atomic E-state index is 3.63. The van der Waals surface area contributed by atoms with E-state index in [9.17, 15) is 0 Å². The Kier molecular flexibility index (Phi) is 3.85. The largest absolute Gasteiger partial charge is 0.309 e. The third-order valence-electron chi connectivity index (χ3n) is 3.39. The number of thiophene rings is 1. The molecule has 0 bridgehead atoms. The van der Waals surface area contributed by atoms with Crippen molar-refractivity contribution in [3.05, 3.63) is 19.2 Å². The molecule has 0 saturated heterocycles. The molecule has 1 aromatic rings. The summed E-state index contributed by atoms with van der Waals surface area (Å²) in [5.41, 5.74) is 0.510. The highest BCUT2D eigenvalue weighted by Gasteiger charge is 2.50. The molecule has 1 aromatic heterocycles. The summed E-state index contributed by atoms with van der Waals surface area (Å²) in [5, 5.41) is 3.63. The molecule has 1 aliphatic carbocycles. The lowest BCUT2D eigenvalue weighted by atomic mass is 10.0. The van der Waals surface area contributed by atoms with E-state index in [1.54, 1.807) is 0 Å². The molecule has 0 aliphatic heterocycles. The zero-order chi connectivity index (χ0) is 11.9. The standard InChI is InChI=1S/C12H17Br2NS/c1-4-15-10(7-6-12(7,2)3)9-5-8(13)11(14)16-9/h5,7,10,15H,4,6H2,1-3H3. The maximum Gasteiger partial charge on any atom is 0.0843 e. The Morgan fingerprint density at radius 1 is 1.56 bits per heavy atom. The fraction of sp³-hybridized carbons (Fsp3) is 0.667. The molecule has 1 aliphatic rings. The van der Waals surface area contributed by atoms with E-state index in [0.29, 0.717) is 11.5 Å². The Balaban J connectivity index is 2.20. The van der Waals surface area contributed by atoms with E-state index in [-0.39, 0.29) is 0 Å². The predicted molar refractivity (Wildman–Crippen MR) is 78.0 cm³/mol. The molecule has 1 saturated carbocycles. The molecule has 0 aromatic carbocycles. The first-order chi connectivity index (χ1) is 7.45. The van der Waals surface area contributed by atoms with Crippen molar-refractivity contribution in [1.29, 1.82) is 0 Å². The van der Waals surface area contributed by atoms with E-state index in [1.807, 2.05) is 11.3 Å². The third-order valence-corrected chi connectivity index (χ3v) is 6.73. The second-order valence-electron chi connectivity index (χ2n) is 5.10. The lowest BCUT2D eigenvalue weighted by Crippen LogP contribution is -2.23. The zero-order valence-corrected chi connectivity index (χ0v) is 13.8. The van der Waals surface area contributed by atoms with E-state index in [2.05, 4.69) is 64.0 Å². The number of hydrogen-bond donors (Lipinski definition) is 1. The van der Waals surface area contributed by atoms with Crippen molar-refractivity contribution in [2.75, 3.05) is 6.54 Å². The minimum absolute atomic E-state index is 0.510. The smallest absolute Gasteiger partial charge is 0.0843 e. The van der Waals surface area contributed by atoms with E-state index >= 15 is 0 Å². The fourth-order valence-electron chi connectivity index (χ4n) is 2.25. The molecule has 0 amide bonds. The molecule has 16 heavy (non-hydrogen) atoms. The highest BCUT2D eigenvalue weighted by molar-refractivity contribution is 9.13. The van der Waals surface area contributed by atoms with Gasteiger partial charge in [0.2, 0.25) is 0 Å². The number of nitrogens with one attached hydrogen (secondary N) is 1. The quantitative estimate of drug-likeness (QED) is 0.793. The van der Waals surface area contributed by atoms with Crippen molar-refractivity contribution in [1.82, 2.24) is 5.32 Å². The van der Waals surface area contributed by atoms with Gasteiger partial charge < -0.3 is 5.32 Å². The second-order valence-corrected chi connectivity index (χ2v) is 8.36.